The van der Waals surface area contributed by atoms with Gasteiger partial charge in [-0.05, 0) is 65.1 Å². The Labute approximate surface area is 147 Å². The number of ether oxygens (including phenoxy) is 1. The normalized spacial score (nSPS) is 12.0. The van der Waals surface area contributed by atoms with Crippen LogP contribution in [0.25, 0.3) is 0 Å². The minimum atomic E-state index is -0.618. The molecule has 0 heterocycles. The van der Waals surface area contributed by atoms with Gasteiger partial charge >= 0.3 is 0 Å². The van der Waals surface area contributed by atoms with Crippen molar-refractivity contribution in [3.8, 4) is 5.75 Å². The van der Waals surface area contributed by atoms with Gasteiger partial charge in [0.05, 0.1) is 0 Å². The molecule has 0 bridgehead atoms. The third-order valence-corrected chi connectivity index (χ3v) is 4.09. The zero-order valence-electron chi connectivity index (χ0n) is 11.0. The van der Waals surface area contributed by atoms with Crippen LogP contribution >= 0.6 is 45.8 Å². The number of hydrogen-bond donors (Lipinski definition) is 2. The van der Waals surface area contributed by atoms with Crippen molar-refractivity contribution < 1.29 is 9.84 Å². The van der Waals surface area contributed by atoms with E-state index in [1.165, 1.54) is 0 Å². The summed E-state index contributed by atoms with van der Waals surface area (Å²) in [4.78, 5) is 0. The molecule has 0 amide bonds. The van der Waals surface area contributed by atoms with Crippen LogP contribution in [0.5, 0.6) is 5.75 Å². The lowest BCUT2D eigenvalue weighted by atomic mass is 10.3. The number of hydrogen-bond acceptors (Lipinski definition) is 3. The van der Waals surface area contributed by atoms with Gasteiger partial charge < -0.3 is 15.2 Å². The molecule has 0 saturated heterocycles. The van der Waals surface area contributed by atoms with Gasteiger partial charge in [0.15, 0.2) is 0 Å². The van der Waals surface area contributed by atoms with Gasteiger partial charge in [0.1, 0.15) is 18.5 Å². The zero-order valence-corrected chi connectivity index (χ0v) is 14.7. The predicted octanol–water partition coefficient (Wildman–Crippen LogP) is 4.45. The maximum atomic E-state index is 9.93. The molecule has 21 heavy (non-hydrogen) atoms. The first-order chi connectivity index (χ1) is 10.0. The molecule has 0 aliphatic carbocycles. The molecule has 0 aliphatic rings. The van der Waals surface area contributed by atoms with Crippen LogP contribution in [0.15, 0.2) is 42.5 Å². The Kier molecular flexibility index (Phi) is 6.41. The molecule has 2 aromatic carbocycles. The molecule has 0 spiro atoms. The lowest BCUT2D eigenvalue weighted by Gasteiger charge is -2.15. The topological polar surface area (TPSA) is 41.5 Å². The Morgan fingerprint density at radius 3 is 2.43 bits per heavy atom. The smallest absolute Gasteiger partial charge is 0.119 e. The van der Waals surface area contributed by atoms with Crippen LogP contribution in [0.4, 0.5) is 5.69 Å². The van der Waals surface area contributed by atoms with Crippen molar-refractivity contribution >= 4 is 51.5 Å². The number of aliphatic hydroxyl groups is 1. The zero-order chi connectivity index (χ0) is 15.2. The van der Waals surface area contributed by atoms with Gasteiger partial charge in [-0.3, -0.25) is 0 Å². The summed E-state index contributed by atoms with van der Waals surface area (Å²) in [6, 6.07) is 12.6. The first kappa shape index (κ1) is 16.7. The Morgan fingerprint density at radius 1 is 1.10 bits per heavy atom. The van der Waals surface area contributed by atoms with Gasteiger partial charge in [-0.25, -0.2) is 0 Å². The predicted molar refractivity (Wildman–Crippen MR) is 95.6 cm³/mol. The fraction of sp³-hybridized carbons (Fsp3) is 0.200. The van der Waals surface area contributed by atoms with E-state index in [0.717, 1.165) is 9.26 Å². The van der Waals surface area contributed by atoms with Crippen LogP contribution in [0, 0.1) is 3.57 Å². The van der Waals surface area contributed by atoms with Gasteiger partial charge in [0.2, 0.25) is 0 Å². The molecule has 2 rings (SSSR count). The van der Waals surface area contributed by atoms with Crippen LogP contribution in [0.2, 0.25) is 10.0 Å². The molecule has 0 radical (unpaired) electrons. The molecule has 6 heteroatoms. The van der Waals surface area contributed by atoms with Gasteiger partial charge in [-0.1, -0.05) is 23.2 Å². The third-order valence-electron chi connectivity index (χ3n) is 2.72. The summed E-state index contributed by atoms with van der Waals surface area (Å²) in [5, 5.41) is 14.4. The fourth-order valence-corrected chi connectivity index (χ4v) is 2.83. The van der Waals surface area contributed by atoms with Crippen LogP contribution in [-0.2, 0) is 0 Å². The number of aliphatic hydroxyl groups excluding tert-OH is 1. The summed E-state index contributed by atoms with van der Waals surface area (Å²) in [5.41, 5.74) is 0.936. The quantitative estimate of drug-likeness (QED) is 0.656. The molecule has 1 atom stereocenters. The second-order valence-corrected chi connectivity index (χ2v) is 6.46. The Bertz CT molecular complexity index is 593. The lowest BCUT2D eigenvalue weighted by molar-refractivity contribution is 0.117. The molecule has 0 aliphatic heterocycles. The van der Waals surface area contributed by atoms with Crippen molar-refractivity contribution in [3.05, 3.63) is 56.1 Å². The Balaban J connectivity index is 1.79. The van der Waals surface area contributed by atoms with Gasteiger partial charge in [0.25, 0.3) is 0 Å². The first-order valence-corrected chi connectivity index (χ1v) is 8.13. The molecule has 0 fully saturated rings. The molecular weight excluding hydrogens is 424 g/mol. The number of anilines is 1. The Morgan fingerprint density at radius 2 is 1.76 bits per heavy atom. The molecule has 3 nitrogen and oxygen atoms in total. The van der Waals surface area contributed by atoms with E-state index in [4.69, 9.17) is 27.9 Å². The van der Waals surface area contributed by atoms with E-state index in [0.29, 0.717) is 22.3 Å². The van der Waals surface area contributed by atoms with Gasteiger partial charge in [0, 0.05) is 25.8 Å². The highest BCUT2D eigenvalue weighted by atomic mass is 127. The standard InChI is InChI=1S/C15H14Cl2INO2/c16-10-1-4-13(5-2-10)21-9-12(20)8-19-15-6-3-11(17)7-14(15)18/h1-7,12,19-20H,8-9H2. The highest BCUT2D eigenvalue weighted by Crippen LogP contribution is 2.22. The summed E-state index contributed by atoms with van der Waals surface area (Å²) < 4.78 is 6.49. The van der Waals surface area contributed by atoms with E-state index in [1.54, 1.807) is 24.3 Å². The summed E-state index contributed by atoms with van der Waals surface area (Å²) in [7, 11) is 0. The summed E-state index contributed by atoms with van der Waals surface area (Å²) in [5.74, 6) is 0.680. The largest absolute Gasteiger partial charge is 0.491 e. The molecule has 0 saturated carbocycles. The maximum Gasteiger partial charge on any atom is 0.119 e. The summed E-state index contributed by atoms with van der Waals surface area (Å²) in [6.45, 7) is 0.601. The van der Waals surface area contributed by atoms with E-state index in [2.05, 4.69) is 27.9 Å². The second kappa shape index (κ2) is 8.08. The van der Waals surface area contributed by atoms with Crippen molar-refractivity contribution in [1.29, 1.82) is 0 Å². The van der Waals surface area contributed by atoms with E-state index in [1.807, 2.05) is 18.2 Å². The monoisotopic (exact) mass is 437 g/mol. The van der Waals surface area contributed by atoms with Crippen LogP contribution in [0.1, 0.15) is 0 Å². The highest BCUT2D eigenvalue weighted by Gasteiger charge is 2.07. The highest BCUT2D eigenvalue weighted by molar-refractivity contribution is 14.1. The average Bonchev–Trinajstić information content (AvgIpc) is 2.46. The molecule has 1 unspecified atom stereocenters. The molecular formula is C15H14Cl2INO2. The van der Waals surface area contributed by atoms with Crippen LogP contribution in [0.3, 0.4) is 0 Å². The van der Waals surface area contributed by atoms with Gasteiger partial charge in [-0.15, -0.1) is 0 Å². The first-order valence-electron chi connectivity index (χ1n) is 6.30. The molecule has 2 aromatic rings. The molecule has 112 valence electrons. The number of benzene rings is 2. The summed E-state index contributed by atoms with van der Waals surface area (Å²) in [6.07, 6.45) is -0.618. The average molecular weight is 438 g/mol. The summed E-state index contributed by atoms with van der Waals surface area (Å²) >= 11 is 13.9. The van der Waals surface area contributed by atoms with Gasteiger partial charge in [-0.2, -0.15) is 0 Å². The van der Waals surface area contributed by atoms with E-state index in [-0.39, 0.29) is 6.61 Å². The van der Waals surface area contributed by atoms with E-state index >= 15 is 0 Å². The molecule has 0 aromatic heterocycles. The Hall–Kier alpha value is -0.690. The second-order valence-electron chi connectivity index (χ2n) is 4.42. The van der Waals surface area contributed by atoms with Crippen molar-refractivity contribution in [3.63, 3.8) is 0 Å². The lowest BCUT2D eigenvalue weighted by Crippen LogP contribution is -2.26. The van der Waals surface area contributed by atoms with Crippen molar-refractivity contribution in [2.24, 2.45) is 0 Å². The minimum Gasteiger partial charge on any atom is -0.491 e. The third kappa shape index (κ3) is 5.54. The molecule has 2 N–H and O–H groups in total. The van der Waals surface area contributed by atoms with E-state index < -0.39 is 6.10 Å². The van der Waals surface area contributed by atoms with Crippen molar-refractivity contribution in [2.75, 3.05) is 18.5 Å². The maximum absolute atomic E-state index is 9.93. The fourth-order valence-electron chi connectivity index (χ4n) is 1.64. The van der Waals surface area contributed by atoms with Crippen molar-refractivity contribution in [2.45, 2.75) is 6.10 Å². The minimum absolute atomic E-state index is 0.207. The van der Waals surface area contributed by atoms with Crippen LogP contribution < -0.4 is 10.1 Å². The van der Waals surface area contributed by atoms with Crippen LogP contribution in [-0.4, -0.2) is 24.4 Å². The number of halogens is 3. The number of rotatable bonds is 6. The SMILES string of the molecule is OC(CNc1ccc(Cl)cc1I)COc1ccc(Cl)cc1. The van der Waals surface area contributed by atoms with Crippen molar-refractivity contribution in [1.82, 2.24) is 0 Å². The van der Waals surface area contributed by atoms with E-state index in [9.17, 15) is 5.11 Å². The number of nitrogens with one attached hydrogen (secondary N) is 1.